The fraction of sp³-hybridized carbons (Fsp3) is 0. The van der Waals surface area contributed by atoms with Gasteiger partial charge in [0.05, 0.1) is 0 Å². The third kappa shape index (κ3) is 20.8. The van der Waals surface area contributed by atoms with Gasteiger partial charge in [0.2, 0.25) is 0 Å². The van der Waals surface area contributed by atoms with Crippen LogP contribution >= 0.6 is 0 Å². The molecule has 1 aromatic carbocycles. The second-order valence-electron chi connectivity index (χ2n) is 4.18. The lowest BCUT2D eigenvalue weighted by Crippen LogP contribution is -2.12. The number of amidine groups is 1. The fourth-order valence-electron chi connectivity index (χ4n) is 1.24. The summed E-state index contributed by atoms with van der Waals surface area (Å²) in [7, 11) is 0. The molecule has 22 nitrogen and oxygen atoms in total. The van der Waals surface area contributed by atoms with Crippen LogP contribution in [0.3, 0.4) is 0 Å². The lowest BCUT2D eigenvalue weighted by Gasteiger charge is -1.97. The van der Waals surface area contributed by atoms with E-state index in [1.807, 2.05) is 18.2 Å². The van der Waals surface area contributed by atoms with Gasteiger partial charge in [-0.15, -0.1) is 4.98 Å². The summed E-state index contributed by atoms with van der Waals surface area (Å²) in [5, 5.41) is 75.6. The Balaban J connectivity index is 0.000000539. The largest absolute Gasteiger partial charge is 0.409 e. The summed E-state index contributed by atoms with van der Waals surface area (Å²) >= 11 is 0. The van der Waals surface area contributed by atoms with Gasteiger partial charge in [-0.1, -0.05) is 48.1 Å². The molecule has 0 spiro atoms. The van der Waals surface area contributed by atoms with Gasteiger partial charge in [0.1, 0.15) is 6.20 Å². The van der Waals surface area contributed by atoms with Crippen molar-refractivity contribution in [3.63, 3.8) is 0 Å². The monoisotopic (exact) mass is 514 g/mol. The van der Waals surface area contributed by atoms with E-state index in [0.29, 0.717) is 5.82 Å². The van der Waals surface area contributed by atoms with E-state index >= 15 is 0 Å². The molecule has 194 valence electrons. The third-order valence-electron chi connectivity index (χ3n) is 2.34. The zero-order chi connectivity index (χ0) is 25.8. The molecule has 5 N–H and O–H groups in total. The minimum atomic E-state index is 0.139. The first kappa shape index (κ1) is 31.4. The van der Waals surface area contributed by atoms with E-state index in [-0.39, 0.29) is 5.84 Å². The Bertz CT molecular complexity index is 767. The molecule has 0 unspecified atom stereocenters. The number of hydrogen-bond donors (Lipinski definition) is 4. The van der Waals surface area contributed by atoms with Crippen molar-refractivity contribution in [3.8, 4) is 0 Å². The Morgan fingerprint density at radius 1 is 0.714 bits per heavy atom. The number of aromatic nitrogens is 1. The summed E-state index contributed by atoms with van der Waals surface area (Å²) in [5.74, 6) is 0.591. The van der Waals surface area contributed by atoms with E-state index < -0.39 is 0 Å². The van der Waals surface area contributed by atoms with Gasteiger partial charge < -0.3 is 15.8 Å². The average molecular weight is 514 g/mol. The molecule has 0 amide bonds. The summed E-state index contributed by atoms with van der Waals surface area (Å²) in [4.78, 5) is 6.85. The van der Waals surface area contributed by atoms with Crippen LogP contribution in [0.2, 0.25) is 0 Å². The second-order valence-corrected chi connectivity index (χ2v) is 4.18. The molecule has 2 aromatic rings. The number of rotatable bonds is 15. The molecular formula is C13H14N4O18. The van der Waals surface area contributed by atoms with Crippen LogP contribution in [0.4, 0.5) is 5.82 Å². The van der Waals surface area contributed by atoms with E-state index in [1.165, 1.54) is 0 Å². The molecule has 0 bridgehead atoms. The molecule has 2 rings (SSSR count). The number of benzene rings is 1. The predicted molar refractivity (Wildman–Crippen MR) is 91.0 cm³/mol. The molecule has 1 heterocycles. The number of hydrogen-bond acceptors (Lipinski definition) is 20. The predicted octanol–water partition coefficient (Wildman–Crippen LogP) is 1.40. The van der Waals surface area contributed by atoms with Gasteiger partial charge in [0.15, 0.2) is 5.84 Å². The van der Waals surface area contributed by atoms with Crippen molar-refractivity contribution in [2.45, 2.75) is 0 Å². The van der Waals surface area contributed by atoms with Crippen molar-refractivity contribution < 1.29 is 91.3 Å². The molecule has 0 fully saturated rings. The summed E-state index contributed by atoms with van der Waals surface area (Å²) in [6, 6.07) is 14.3. The van der Waals surface area contributed by atoms with Crippen LogP contribution in [0.5, 0.6) is 0 Å². The van der Waals surface area contributed by atoms with Crippen molar-refractivity contribution in [1.29, 1.82) is 0 Å². The first-order valence-electron chi connectivity index (χ1n) is 7.79. The molecule has 0 aliphatic rings. The molecule has 22 heteroatoms. The first-order chi connectivity index (χ1) is 17.2. The van der Waals surface area contributed by atoms with Crippen LogP contribution < -0.4 is 5.73 Å². The molecule has 0 saturated carbocycles. The highest BCUT2D eigenvalue weighted by Crippen LogP contribution is 2.02. The van der Waals surface area contributed by atoms with Crippen molar-refractivity contribution in [2.75, 3.05) is 0 Å². The van der Waals surface area contributed by atoms with Crippen molar-refractivity contribution in [2.24, 2.45) is 10.9 Å². The maximum absolute atomic E-state index is 8.25. The molecule has 35 heavy (non-hydrogen) atoms. The Kier molecular flexibility index (Phi) is 22.5. The molecule has 0 saturated heterocycles. The standard InChI is InChI=1S/C7H8N2O.C6H4N2.H2O17/c8-7(9-10)6-4-2-1-3-5-6;1-7-6-4-2-3-5-8-6;1-3-5-7-9-11-13-15-17-16-14-12-10-8-6-4-2/h1-5,10H,(H2,8,9);2-5H;1-2H. The van der Waals surface area contributed by atoms with Gasteiger partial charge in [-0.25, -0.2) is 10.5 Å². The Labute approximate surface area is 191 Å². The topological polar surface area (TPSA) is 255 Å². The van der Waals surface area contributed by atoms with Gasteiger partial charge in [0, 0.05) is 5.56 Å². The average Bonchev–Trinajstić information content (AvgIpc) is 2.92. The molecule has 1 aromatic heterocycles. The number of oxime groups is 1. The molecule has 0 aliphatic carbocycles. The first-order valence-corrected chi connectivity index (χ1v) is 7.79. The van der Waals surface area contributed by atoms with Crippen LogP contribution in [0, 0.1) is 6.57 Å². The maximum Gasteiger partial charge on any atom is 0.269 e. The third-order valence-corrected chi connectivity index (χ3v) is 2.34. The van der Waals surface area contributed by atoms with E-state index in [4.69, 9.17) is 28.0 Å². The number of nitrogens with two attached hydrogens (primary N) is 1. The zero-order valence-corrected chi connectivity index (χ0v) is 16.6. The summed E-state index contributed by atoms with van der Waals surface area (Å²) < 4.78 is 0. The van der Waals surface area contributed by atoms with Gasteiger partial charge >= 0.3 is 0 Å². The highest BCUT2D eigenvalue weighted by atomic mass is 18.0. The van der Waals surface area contributed by atoms with Crippen molar-refractivity contribution in [3.05, 3.63) is 71.7 Å². The lowest BCUT2D eigenvalue weighted by molar-refractivity contribution is -0.886. The normalized spacial score (nSPS) is 10.4. The minimum absolute atomic E-state index is 0.139. The smallest absolute Gasteiger partial charge is 0.269 e. The Morgan fingerprint density at radius 2 is 1.14 bits per heavy atom. The Hall–Kier alpha value is -3.55. The van der Waals surface area contributed by atoms with Crippen LogP contribution in [0.15, 0.2) is 59.9 Å². The Morgan fingerprint density at radius 3 is 1.46 bits per heavy atom. The minimum Gasteiger partial charge on any atom is -0.409 e. The van der Waals surface area contributed by atoms with E-state index in [2.05, 4.69) is 90.6 Å². The molecule has 0 aliphatic heterocycles. The van der Waals surface area contributed by atoms with Crippen LogP contribution in [-0.4, -0.2) is 26.5 Å². The number of pyridine rings is 1. The van der Waals surface area contributed by atoms with Crippen molar-refractivity contribution in [1.82, 2.24) is 4.98 Å². The van der Waals surface area contributed by atoms with Crippen LogP contribution in [-0.2, 0) is 75.6 Å². The molecule has 0 atom stereocenters. The maximum atomic E-state index is 8.25. The SMILES string of the molecule is N/C(=N\O)c1ccccc1.OOOOOOOOOOOOOOOOO.[C-]#[N+]c1ccccn1. The van der Waals surface area contributed by atoms with Crippen LogP contribution in [0.25, 0.3) is 4.85 Å². The van der Waals surface area contributed by atoms with Gasteiger partial charge in [-0.2, -0.15) is 0 Å². The zero-order valence-electron chi connectivity index (χ0n) is 16.6. The highest BCUT2D eigenvalue weighted by molar-refractivity contribution is 5.96. The van der Waals surface area contributed by atoms with Gasteiger partial charge in [0.25, 0.3) is 5.82 Å². The van der Waals surface area contributed by atoms with E-state index in [1.54, 1.807) is 36.5 Å². The fourth-order valence-corrected chi connectivity index (χ4v) is 1.24. The van der Waals surface area contributed by atoms with Gasteiger partial charge in [-0.3, -0.25) is 0 Å². The van der Waals surface area contributed by atoms with Crippen molar-refractivity contribution >= 4 is 11.7 Å². The van der Waals surface area contributed by atoms with Crippen LogP contribution in [0.1, 0.15) is 5.56 Å². The summed E-state index contributed by atoms with van der Waals surface area (Å²) in [6.45, 7) is 6.51. The number of nitrogens with zero attached hydrogens (tertiary/aromatic N) is 3. The molecular weight excluding hydrogens is 500 g/mol. The van der Waals surface area contributed by atoms with E-state index in [9.17, 15) is 0 Å². The lowest BCUT2D eigenvalue weighted by atomic mass is 10.2. The molecule has 0 radical (unpaired) electrons. The second kappa shape index (κ2) is 25.1. The quantitative estimate of drug-likeness (QED) is 0.0498. The van der Waals surface area contributed by atoms with E-state index in [0.717, 1.165) is 5.56 Å². The summed E-state index contributed by atoms with van der Waals surface area (Å²) in [5.41, 5.74) is 6.02. The highest BCUT2D eigenvalue weighted by Gasteiger charge is 1.98. The summed E-state index contributed by atoms with van der Waals surface area (Å²) in [6.07, 6.45) is 1.60. The van der Waals surface area contributed by atoms with Gasteiger partial charge in [-0.05, 0) is 87.7 Å².